The molecule has 1 heterocycles. The molecule has 0 radical (unpaired) electrons. The van der Waals surface area contributed by atoms with E-state index in [0.717, 1.165) is 0 Å². The Morgan fingerprint density at radius 1 is 1.56 bits per heavy atom. The van der Waals surface area contributed by atoms with E-state index in [2.05, 4.69) is 5.32 Å². The van der Waals surface area contributed by atoms with Gasteiger partial charge in [-0.15, -0.1) is 0 Å². The summed E-state index contributed by atoms with van der Waals surface area (Å²) in [6.45, 7) is 1.67. The monoisotopic (exact) mass is 279 g/mol. The van der Waals surface area contributed by atoms with Gasteiger partial charge in [-0.2, -0.15) is 8.78 Å². The minimum atomic E-state index is -2.47. The van der Waals surface area contributed by atoms with Crippen molar-refractivity contribution in [2.45, 2.75) is 30.9 Å². The molecular weight excluding hydrogens is 264 g/mol. The Morgan fingerprint density at radius 2 is 2.28 bits per heavy atom. The third-order valence-electron chi connectivity index (χ3n) is 2.29. The first kappa shape index (κ1) is 15.0. The predicted octanol–water partition coefficient (Wildman–Crippen LogP) is 2.24. The van der Waals surface area contributed by atoms with Gasteiger partial charge in [0.1, 0.15) is 5.76 Å². The van der Waals surface area contributed by atoms with E-state index in [-0.39, 0.29) is 24.2 Å². The molecule has 0 fully saturated rings. The van der Waals surface area contributed by atoms with Crippen molar-refractivity contribution >= 4 is 17.7 Å². The summed E-state index contributed by atoms with van der Waals surface area (Å²) in [5.74, 6) is -2.52. The summed E-state index contributed by atoms with van der Waals surface area (Å²) < 4.78 is 29.1. The summed E-state index contributed by atoms with van der Waals surface area (Å²) in [5, 5.41) is 11.5. The van der Waals surface area contributed by atoms with Crippen LogP contribution < -0.4 is 5.32 Å². The number of nitrogens with one attached hydrogen (secondary N) is 1. The lowest BCUT2D eigenvalue weighted by molar-refractivity contribution is 0.0885. The van der Waals surface area contributed by atoms with E-state index in [9.17, 15) is 13.6 Å². The first-order chi connectivity index (χ1) is 8.56. The van der Waals surface area contributed by atoms with Gasteiger partial charge in [0, 0.05) is 0 Å². The number of aliphatic hydroxyl groups is 1. The van der Waals surface area contributed by atoms with Crippen LogP contribution in [-0.4, -0.2) is 29.4 Å². The molecule has 0 saturated carbocycles. The van der Waals surface area contributed by atoms with Gasteiger partial charge in [0.05, 0.1) is 18.4 Å². The molecule has 102 valence electrons. The third-order valence-corrected chi connectivity index (χ3v) is 2.99. The molecule has 1 rings (SSSR count). The lowest BCUT2D eigenvalue weighted by Gasteiger charge is -2.12. The molecule has 0 bridgehead atoms. The second kappa shape index (κ2) is 7.38. The standard InChI is InChI=1S/C11H15F2NO3S/c1-2-7(5-15)14-10(16)9-4-3-8(17-9)6-18-11(12)13/h3-4,7,11,15H,2,5-6H2,1H3,(H,14,16). The average Bonchev–Trinajstić information content (AvgIpc) is 2.82. The molecule has 7 heteroatoms. The predicted molar refractivity (Wildman–Crippen MR) is 64.6 cm³/mol. The van der Waals surface area contributed by atoms with Crippen LogP contribution >= 0.6 is 11.8 Å². The van der Waals surface area contributed by atoms with Crippen molar-refractivity contribution in [1.29, 1.82) is 0 Å². The Hall–Kier alpha value is -1.08. The van der Waals surface area contributed by atoms with Gasteiger partial charge < -0.3 is 14.8 Å². The fourth-order valence-corrected chi connectivity index (χ4v) is 1.70. The molecule has 1 atom stereocenters. The van der Waals surface area contributed by atoms with Gasteiger partial charge in [0.15, 0.2) is 5.76 Å². The number of thioether (sulfide) groups is 1. The van der Waals surface area contributed by atoms with Crippen molar-refractivity contribution < 1.29 is 23.1 Å². The fraction of sp³-hybridized carbons (Fsp3) is 0.545. The van der Waals surface area contributed by atoms with E-state index < -0.39 is 11.7 Å². The van der Waals surface area contributed by atoms with Crippen LogP contribution in [0.5, 0.6) is 0 Å². The number of aliphatic hydroxyl groups excluding tert-OH is 1. The van der Waals surface area contributed by atoms with Crippen molar-refractivity contribution in [1.82, 2.24) is 5.32 Å². The Morgan fingerprint density at radius 3 is 2.83 bits per heavy atom. The summed E-state index contributed by atoms with van der Waals surface area (Å²) in [4.78, 5) is 11.7. The van der Waals surface area contributed by atoms with Crippen LogP contribution in [0.1, 0.15) is 29.7 Å². The minimum Gasteiger partial charge on any atom is -0.455 e. The van der Waals surface area contributed by atoms with Crippen LogP contribution in [0.2, 0.25) is 0 Å². The van der Waals surface area contributed by atoms with Crippen molar-refractivity contribution in [2.24, 2.45) is 0 Å². The quantitative estimate of drug-likeness (QED) is 0.803. The van der Waals surface area contributed by atoms with Crippen LogP contribution in [0.4, 0.5) is 8.78 Å². The molecule has 0 aliphatic carbocycles. The van der Waals surface area contributed by atoms with Gasteiger partial charge in [0.2, 0.25) is 0 Å². The highest BCUT2D eigenvalue weighted by Crippen LogP contribution is 2.21. The third kappa shape index (κ3) is 4.66. The zero-order valence-electron chi connectivity index (χ0n) is 9.86. The largest absolute Gasteiger partial charge is 0.455 e. The van der Waals surface area contributed by atoms with Crippen LogP contribution in [0.15, 0.2) is 16.5 Å². The van der Waals surface area contributed by atoms with Gasteiger partial charge in [-0.05, 0) is 18.6 Å². The zero-order valence-corrected chi connectivity index (χ0v) is 10.7. The molecule has 1 aromatic heterocycles. The van der Waals surface area contributed by atoms with E-state index in [0.29, 0.717) is 23.9 Å². The molecule has 18 heavy (non-hydrogen) atoms. The number of halogens is 2. The molecule has 0 aliphatic rings. The summed E-state index contributed by atoms with van der Waals surface area (Å²) in [7, 11) is 0. The van der Waals surface area contributed by atoms with Crippen molar-refractivity contribution in [2.75, 3.05) is 6.61 Å². The van der Waals surface area contributed by atoms with Crippen molar-refractivity contribution in [3.63, 3.8) is 0 Å². The number of rotatable bonds is 7. The average molecular weight is 279 g/mol. The number of hydrogen-bond donors (Lipinski definition) is 2. The molecule has 1 amide bonds. The summed E-state index contributed by atoms with van der Waals surface area (Å²) in [6, 6.07) is 2.59. The number of alkyl halides is 2. The molecule has 0 aliphatic heterocycles. The van der Waals surface area contributed by atoms with Gasteiger partial charge in [-0.25, -0.2) is 0 Å². The number of amides is 1. The second-order valence-corrected chi connectivity index (χ2v) is 4.58. The molecule has 0 saturated heterocycles. The molecule has 1 aromatic rings. The van der Waals surface area contributed by atoms with Crippen LogP contribution in [-0.2, 0) is 5.75 Å². The first-order valence-electron chi connectivity index (χ1n) is 5.47. The molecule has 0 aromatic carbocycles. The molecular formula is C11H15F2NO3S. The Balaban J connectivity index is 2.53. The smallest absolute Gasteiger partial charge is 0.287 e. The van der Waals surface area contributed by atoms with Crippen molar-refractivity contribution in [3.8, 4) is 0 Å². The van der Waals surface area contributed by atoms with Gasteiger partial charge in [0.25, 0.3) is 11.7 Å². The molecule has 2 N–H and O–H groups in total. The first-order valence-corrected chi connectivity index (χ1v) is 6.51. The zero-order chi connectivity index (χ0) is 13.5. The molecule has 0 spiro atoms. The normalized spacial score (nSPS) is 12.7. The van der Waals surface area contributed by atoms with Crippen LogP contribution in [0, 0.1) is 0 Å². The van der Waals surface area contributed by atoms with Crippen LogP contribution in [0.3, 0.4) is 0 Å². The highest BCUT2D eigenvalue weighted by atomic mass is 32.2. The molecule has 4 nitrogen and oxygen atoms in total. The number of hydrogen-bond acceptors (Lipinski definition) is 4. The summed E-state index contributed by atoms with van der Waals surface area (Å²) in [5.41, 5.74) is 0. The maximum Gasteiger partial charge on any atom is 0.287 e. The maximum absolute atomic E-state index is 12.0. The van der Waals surface area contributed by atoms with E-state index in [4.69, 9.17) is 9.52 Å². The number of carbonyl (C=O) groups excluding carboxylic acids is 1. The van der Waals surface area contributed by atoms with E-state index in [1.54, 1.807) is 0 Å². The number of furan rings is 1. The SMILES string of the molecule is CCC(CO)NC(=O)c1ccc(CSC(F)F)o1. The Bertz CT molecular complexity index is 380. The Labute approximate surface area is 108 Å². The number of carbonyl (C=O) groups is 1. The van der Waals surface area contributed by atoms with Gasteiger partial charge in [-0.3, -0.25) is 4.79 Å². The van der Waals surface area contributed by atoms with E-state index in [1.165, 1.54) is 12.1 Å². The summed E-state index contributed by atoms with van der Waals surface area (Å²) in [6.07, 6.45) is 0.594. The Kier molecular flexibility index (Phi) is 6.14. The van der Waals surface area contributed by atoms with E-state index >= 15 is 0 Å². The topological polar surface area (TPSA) is 62.5 Å². The second-order valence-electron chi connectivity index (χ2n) is 3.60. The highest BCUT2D eigenvalue weighted by molar-refractivity contribution is 7.98. The molecule has 1 unspecified atom stereocenters. The summed E-state index contributed by atoms with van der Waals surface area (Å²) >= 11 is 0.434. The maximum atomic E-state index is 12.0. The van der Waals surface area contributed by atoms with Gasteiger partial charge >= 0.3 is 0 Å². The lowest BCUT2D eigenvalue weighted by atomic mass is 10.2. The van der Waals surface area contributed by atoms with E-state index in [1.807, 2.05) is 6.92 Å². The van der Waals surface area contributed by atoms with Gasteiger partial charge in [-0.1, -0.05) is 18.7 Å². The minimum absolute atomic E-state index is 0.0160. The van der Waals surface area contributed by atoms with Crippen molar-refractivity contribution in [3.05, 3.63) is 23.7 Å². The van der Waals surface area contributed by atoms with Crippen LogP contribution in [0.25, 0.3) is 0 Å². The fourth-order valence-electron chi connectivity index (χ4n) is 1.26. The lowest BCUT2D eigenvalue weighted by Crippen LogP contribution is -2.36. The highest BCUT2D eigenvalue weighted by Gasteiger charge is 2.15.